The maximum Gasteiger partial charge on any atom is 0.118 e. The Kier molecular flexibility index (Phi) is 7.43. The predicted octanol–water partition coefficient (Wildman–Crippen LogP) is 6.16. The number of thioether (sulfide) groups is 1. The molecule has 0 aliphatic carbocycles. The molecule has 0 aliphatic heterocycles. The van der Waals surface area contributed by atoms with Crippen LogP contribution in [-0.4, -0.2) is 28.1 Å². The molecule has 1 nitrogen and oxygen atoms in total. The van der Waals surface area contributed by atoms with Gasteiger partial charge in [-0.05, 0) is 23.3 Å². The second-order valence-corrected chi connectivity index (χ2v) is 20.1. The van der Waals surface area contributed by atoms with Crippen molar-refractivity contribution in [2.45, 2.75) is 49.9 Å². The molecule has 1 atom stereocenters. The quantitative estimate of drug-likeness (QED) is 0.403. The summed E-state index contributed by atoms with van der Waals surface area (Å²) >= 11 is 2.04. The summed E-state index contributed by atoms with van der Waals surface area (Å²) in [7, 11) is -0.778. The summed E-state index contributed by atoms with van der Waals surface area (Å²) in [4.78, 5) is 0.553. The van der Waals surface area contributed by atoms with E-state index in [4.69, 9.17) is 4.74 Å². The van der Waals surface area contributed by atoms with E-state index >= 15 is 0 Å². The van der Waals surface area contributed by atoms with Gasteiger partial charge in [0, 0.05) is 10.6 Å². The Morgan fingerprint density at radius 3 is 2.13 bits per heavy atom. The first kappa shape index (κ1) is 20.3. The Hall–Kier alpha value is -0.716. The molecular formula is C19H32OSSi2. The maximum atomic E-state index is 5.23. The molecule has 0 radical (unpaired) electrons. The minimum atomic E-state index is -1.31. The SMILES string of the molecule is C=C(/C=C/[Si](C)(C)C)C(SCc1ccc(OC)cc1)[Si](C)(C)C. The smallest absolute Gasteiger partial charge is 0.118 e. The monoisotopic (exact) mass is 364 g/mol. The van der Waals surface area contributed by atoms with E-state index in [0.717, 1.165) is 11.5 Å². The molecule has 0 aromatic heterocycles. The molecule has 1 aromatic carbocycles. The number of allylic oxidation sites excluding steroid dienone is 1. The summed E-state index contributed by atoms with van der Waals surface area (Å²) in [5.74, 6) is 1.95. The van der Waals surface area contributed by atoms with E-state index in [0.29, 0.717) is 4.87 Å². The zero-order valence-electron chi connectivity index (χ0n) is 15.8. The highest BCUT2D eigenvalue weighted by Gasteiger charge is 2.28. The molecule has 0 saturated carbocycles. The van der Waals surface area contributed by atoms with Gasteiger partial charge in [-0.1, -0.05) is 69.8 Å². The van der Waals surface area contributed by atoms with Crippen molar-refractivity contribution in [3.05, 3.63) is 53.8 Å². The topological polar surface area (TPSA) is 9.23 Å². The van der Waals surface area contributed by atoms with Crippen LogP contribution in [0.1, 0.15) is 5.56 Å². The Morgan fingerprint density at radius 1 is 1.13 bits per heavy atom. The third-order valence-electron chi connectivity index (χ3n) is 3.50. The van der Waals surface area contributed by atoms with Crippen LogP contribution in [0.3, 0.4) is 0 Å². The Morgan fingerprint density at radius 2 is 1.70 bits per heavy atom. The van der Waals surface area contributed by atoms with Crippen molar-refractivity contribution in [2.24, 2.45) is 0 Å². The third-order valence-corrected chi connectivity index (χ3v) is 10.4. The molecule has 23 heavy (non-hydrogen) atoms. The van der Waals surface area contributed by atoms with Gasteiger partial charge < -0.3 is 4.74 Å². The van der Waals surface area contributed by atoms with Crippen molar-refractivity contribution in [1.29, 1.82) is 0 Å². The van der Waals surface area contributed by atoms with Crippen LogP contribution in [0.5, 0.6) is 5.75 Å². The van der Waals surface area contributed by atoms with Gasteiger partial charge in [-0.25, -0.2) is 0 Å². The molecule has 0 amide bonds. The fourth-order valence-corrected chi connectivity index (χ4v) is 7.28. The fraction of sp³-hybridized carbons (Fsp3) is 0.474. The fourth-order valence-electron chi connectivity index (χ4n) is 2.26. The van der Waals surface area contributed by atoms with Crippen LogP contribution in [-0.2, 0) is 5.75 Å². The number of benzene rings is 1. The summed E-state index contributed by atoms with van der Waals surface area (Å²) in [5.41, 5.74) is 5.06. The minimum Gasteiger partial charge on any atom is -0.497 e. The second kappa shape index (κ2) is 8.40. The number of hydrogen-bond donors (Lipinski definition) is 0. The number of ether oxygens (including phenoxy) is 1. The van der Waals surface area contributed by atoms with Gasteiger partial charge in [0.1, 0.15) is 5.75 Å². The van der Waals surface area contributed by atoms with E-state index in [1.807, 2.05) is 23.9 Å². The van der Waals surface area contributed by atoms with Crippen LogP contribution in [0.25, 0.3) is 0 Å². The highest BCUT2D eigenvalue weighted by molar-refractivity contribution is 8.01. The molecule has 1 unspecified atom stereocenters. The third kappa shape index (κ3) is 7.59. The summed E-state index contributed by atoms with van der Waals surface area (Å²) in [5, 5.41) is 0. The standard InChI is InChI=1S/C19H32OSSi2/c1-16(13-14-22(3,4)5)19(23(6,7)8)21-15-17-9-11-18(20-2)12-10-17/h9-14,19H,1,15H2,2-8H3/b14-13+. The van der Waals surface area contributed by atoms with Gasteiger partial charge in [0.05, 0.1) is 23.3 Å². The van der Waals surface area contributed by atoms with Gasteiger partial charge in [0.15, 0.2) is 0 Å². The van der Waals surface area contributed by atoms with Crippen LogP contribution in [0, 0.1) is 0 Å². The lowest BCUT2D eigenvalue weighted by Gasteiger charge is -2.29. The van der Waals surface area contributed by atoms with E-state index in [-0.39, 0.29) is 0 Å². The molecule has 0 heterocycles. The van der Waals surface area contributed by atoms with E-state index in [1.165, 1.54) is 11.1 Å². The van der Waals surface area contributed by atoms with Crippen molar-refractivity contribution >= 4 is 27.9 Å². The molecule has 4 heteroatoms. The van der Waals surface area contributed by atoms with Crippen molar-refractivity contribution in [1.82, 2.24) is 0 Å². The van der Waals surface area contributed by atoms with E-state index < -0.39 is 16.1 Å². The normalized spacial score (nSPS) is 14.0. The first-order valence-electron chi connectivity index (χ1n) is 8.15. The second-order valence-electron chi connectivity index (χ2n) is 8.18. The molecule has 1 rings (SSSR count). The number of hydrogen-bond acceptors (Lipinski definition) is 2. The van der Waals surface area contributed by atoms with E-state index in [1.54, 1.807) is 7.11 Å². The number of rotatable bonds is 8. The number of methoxy groups -OCH3 is 1. The Labute approximate surface area is 149 Å². The van der Waals surface area contributed by atoms with Gasteiger partial charge >= 0.3 is 0 Å². The van der Waals surface area contributed by atoms with Crippen LogP contribution in [0.15, 0.2) is 48.2 Å². The molecule has 0 aliphatic rings. The zero-order chi connectivity index (χ0) is 17.7. The molecular weight excluding hydrogens is 332 g/mol. The lowest BCUT2D eigenvalue weighted by Crippen LogP contribution is -2.36. The summed E-state index contributed by atoms with van der Waals surface area (Å²) in [6.45, 7) is 18.8. The maximum absolute atomic E-state index is 5.23. The summed E-state index contributed by atoms with van der Waals surface area (Å²) < 4.78 is 5.23. The van der Waals surface area contributed by atoms with Gasteiger partial charge in [0.2, 0.25) is 0 Å². The van der Waals surface area contributed by atoms with Crippen LogP contribution in [0.4, 0.5) is 0 Å². The van der Waals surface area contributed by atoms with Crippen LogP contribution in [0.2, 0.25) is 39.3 Å². The van der Waals surface area contributed by atoms with Gasteiger partial charge in [-0.3, -0.25) is 0 Å². The highest BCUT2D eigenvalue weighted by atomic mass is 32.2. The molecule has 0 fully saturated rings. The van der Waals surface area contributed by atoms with Crippen LogP contribution < -0.4 is 4.74 Å². The van der Waals surface area contributed by atoms with Crippen molar-refractivity contribution < 1.29 is 4.74 Å². The first-order valence-corrected chi connectivity index (χ1v) is 16.4. The van der Waals surface area contributed by atoms with E-state index in [9.17, 15) is 0 Å². The van der Waals surface area contributed by atoms with Crippen molar-refractivity contribution in [3.63, 3.8) is 0 Å². The van der Waals surface area contributed by atoms with Crippen LogP contribution >= 0.6 is 11.8 Å². The van der Waals surface area contributed by atoms with Crippen molar-refractivity contribution in [2.75, 3.05) is 7.11 Å². The molecule has 0 saturated heterocycles. The lowest BCUT2D eigenvalue weighted by molar-refractivity contribution is 0.414. The van der Waals surface area contributed by atoms with E-state index in [2.05, 4.69) is 69.8 Å². The highest BCUT2D eigenvalue weighted by Crippen LogP contribution is 2.32. The average Bonchev–Trinajstić information content (AvgIpc) is 2.44. The summed E-state index contributed by atoms with van der Waals surface area (Å²) in [6, 6.07) is 8.40. The Bertz CT molecular complexity index is 536. The molecule has 0 spiro atoms. The zero-order valence-corrected chi connectivity index (χ0v) is 18.6. The largest absolute Gasteiger partial charge is 0.497 e. The van der Waals surface area contributed by atoms with Gasteiger partial charge in [-0.15, -0.1) is 0 Å². The minimum absolute atomic E-state index is 0.553. The molecule has 0 bridgehead atoms. The van der Waals surface area contributed by atoms with Gasteiger partial charge in [-0.2, -0.15) is 11.8 Å². The van der Waals surface area contributed by atoms with Crippen molar-refractivity contribution in [3.8, 4) is 5.75 Å². The Balaban J connectivity index is 2.79. The molecule has 0 N–H and O–H groups in total. The summed E-state index contributed by atoms with van der Waals surface area (Å²) in [6.07, 6.45) is 2.30. The predicted molar refractivity (Wildman–Crippen MR) is 113 cm³/mol. The molecule has 1 aromatic rings. The average molecular weight is 365 g/mol. The first-order chi connectivity index (χ1) is 10.5. The lowest BCUT2D eigenvalue weighted by atomic mass is 10.2. The molecule has 128 valence electrons. The van der Waals surface area contributed by atoms with Gasteiger partial charge in [0.25, 0.3) is 0 Å².